The van der Waals surface area contributed by atoms with Crippen molar-refractivity contribution in [2.75, 3.05) is 12.3 Å². The van der Waals surface area contributed by atoms with Gasteiger partial charge in [0, 0.05) is 30.3 Å². The smallest absolute Gasteiger partial charge is 0.255 e. The number of carbonyl (C=O) groups is 1. The first-order chi connectivity index (χ1) is 16.0. The fourth-order valence-electron chi connectivity index (χ4n) is 3.52. The van der Waals surface area contributed by atoms with Crippen LogP contribution in [0.3, 0.4) is 0 Å². The second kappa shape index (κ2) is 9.86. The van der Waals surface area contributed by atoms with Crippen LogP contribution in [0.2, 0.25) is 0 Å². The van der Waals surface area contributed by atoms with Gasteiger partial charge >= 0.3 is 0 Å². The molecule has 0 fully saturated rings. The molecule has 0 spiro atoms. The number of phenols is 1. The molecule has 4 rings (SSSR count). The van der Waals surface area contributed by atoms with Crippen molar-refractivity contribution in [2.45, 2.75) is 19.4 Å². The molecule has 2 aromatic carbocycles. The Morgan fingerprint density at radius 2 is 1.88 bits per heavy atom. The summed E-state index contributed by atoms with van der Waals surface area (Å²) in [5.74, 6) is 0.699. The normalized spacial score (nSPS) is 10.8. The molecule has 4 aromatic rings. The van der Waals surface area contributed by atoms with E-state index in [1.807, 2.05) is 30.3 Å². The third-order valence-electron chi connectivity index (χ3n) is 5.24. The number of hydrogen-bond donors (Lipinski definition) is 3. The summed E-state index contributed by atoms with van der Waals surface area (Å²) in [6, 6.07) is 19.2. The number of carbonyl (C=O) groups excluding carboxylic acids is 1. The number of benzene rings is 2. The highest BCUT2D eigenvalue weighted by Crippen LogP contribution is 2.21. The van der Waals surface area contributed by atoms with Crippen LogP contribution in [0.4, 0.5) is 5.95 Å². The Balaban J connectivity index is 1.35. The van der Waals surface area contributed by atoms with Crippen LogP contribution >= 0.6 is 0 Å². The van der Waals surface area contributed by atoms with Gasteiger partial charge in [0.1, 0.15) is 11.5 Å². The number of aromatic nitrogens is 2. The number of phenolic OH excluding ortho intramolecular Hbond substituents is 1. The average Bonchev–Trinajstić information content (AvgIpc) is 3.35. The zero-order chi connectivity index (χ0) is 23.2. The minimum Gasteiger partial charge on any atom is -0.508 e. The van der Waals surface area contributed by atoms with Crippen LogP contribution < -0.4 is 16.6 Å². The number of furan rings is 1. The van der Waals surface area contributed by atoms with Gasteiger partial charge < -0.3 is 20.6 Å². The number of rotatable bonds is 8. The van der Waals surface area contributed by atoms with E-state index in [0.29, 0.717) is 24.1 Å². The molecule has 2 aromatic heterocycles. The fraction of sp³-hybridized carbons (Fsp3) is 0.160. The van der Waals surface area contributed by atoms with Crippen molar-refractivity contribution in [3.8, 4) is 17.1 Å². The average molecular weight is 444 g/mol. The van der Waals surface area contributed by atoms with Gasteiger partial charge in [-0.05, 0) is 60.9 Å². The Hall–Kier alpha value is -4.33. The van der Waals surface area contributed by atoms with Gasteiger partial charge in [-0.1, -0.05) is 18.2 Å². The van der Waals surface area contributed by atoms with E-state index in [0.717, 1.165) is 16.9 Å². The van der Waals surface area contributed by atoms with Crippen LogP contribution in [0.5, 0.6) is 5.75 Å². The maximum Gasteiger partial charge on any atom is 0.255 e. The molecule has 0 aliphatic carbocycles. The second-order valence-electron chi connectivity index (χ2n) is 7.58. The van der Waals surface area contributed by atoms with Gasteiger partial charge in [-0.3, -0.25) is 14.2 Å². The second-order valence-corrected chi connectivity index (χ2v) is 7.58. The molecule has 4 N–H and O–H groups in total. The predicted octanol–water partition coefficient (Wildman–Crippen LogP) is 3.01. The van der Waals surface area contributed by atoms with Gasteiger partial charge in [-0.2, -0.15) is 0 Å². The topological polar surface area (TPSA) is 123 Å². The van der Waals surface area contributed by atoms with Crippen molar-refractivity contribution in [3.05, 3.63) is 100 Å². The van der Waals surface area contributed by atoms with Gasteiger partial charge in [-0.15, -0.1) is 0 Å². The number of hydrogen-bond acceptors (Lipinski definition) is 6. The Kier molecular flexibility index (Phi) is 6.54. The first-order valence-corrected chi connectivity index (χ1v) is 10.6. The van der Waals surface area contributed by atoms with Gasteiger partial charge in [-0.25, -0.2) is 4.98 Å². The minimum absolute atomic E-state index is 0.0854. The SMILES string of the molecule is Nc1nc(CCc2cccc(-c3ccco3)c2)cc(=O)n1CCNC(=O)c1ccc(O)cc1. The number of nitrogens with two attached hydrogens (primary N) is 1. The van der Waals surface area contributed by atoms with Gasteiger partial charge in [0.05, 0.1) is 12.0 Å². The van der Waals surface area contributed by atoms with Crippen molar-refractivity contribution in [1.29, 1.82) is 0 Å². The number of nitrogens with zero attached hydrogens (tertiary/aromatic N) is 2. The number of aryl methyl sites for hydroxylation is 2. The van der Waals surface area contributed by atoms with Gasteiger partial charge in [0.2, 0.25) is 5.95 Å². The molecule has 0 unspecified atom stereocenters. The Morgan fingerprint density at radius 1 is 1.06 bits per heavy atom. The highest BCUT2D eigenvalue weighted by atomic mass is 16.3. The Labute approximate surface area is 190 Å². The zero-order valence-corrected chi connectivity index (χ0v) is 17.9. The van der Waals surface area contributed by atoms with E-state index in [2.05, 4.69) is 16.4 Å². The molecule has 0 atom stereocenters. The van der Waals surface area contributed by atoms with Crippen molar-refractivity contribution in [1.82, 2.24) is 14.9 Å². The molecule has 33 heavy (non-hydrogen) atoms. The summed E-state index contributed by atoms with van der Waals surface area (Å²) in [5.41, 5.74) is 8.89. The maximum atomic E-state index is 12.6. The van der Waals surface area contributed by atoms with Crippen LogP contribution in [0.25, 0.3) is 11.3 Å². The van der Waals surface area contributed by atoms with Crippen molar-refractivity contribution in [2.24, 2.45) is 0 Å². The van der Waals surface area contributed by atoms with Crippen LogP contribution in [0.1, 0.15) is 21.6 Å². The van der Waals surface area contributed by atoms with Crippen molar-refractivity contribution < 1.29 is 14.3 Å². The van der Waals surface area contributed by atoms with Crippen molar-refractivity contribution in [3.63, 3.8) is 0 Å². The number of anilines is 1. The molecule has 0 saturated carbocycles. The van der Waals surface area contributed by atoms with E-state index in [-0.39, 0.29) is 36.3 Å². The van der Waals surface area contributed by atoms with E-state index in [9.17, 15) is 14.7 Å². The third kappa shape index (κ3) is 5.48. The largest absolute Gasteiger partial charge is 0.508 e. The van der Waals surface area contributed by atoms with E-state index in [4.69, 9.17) is 10.2 Å². The van der Waals surface area contributed by atoms with Crippen LogP contribution in [-0.4, -0.2) is 27.1 Å². The lowest BCUT2D eigenvalue weighted by molar-refractivity contribution is 0.0952. The number of nitrogen functional groups attached to an aromatic ring is 1. The quantitative estimate of drug-likeness (QED) is 0.384. The van der Waals surface area contributed by atoms with Crippen LogP contribution in [0, 0.1) is 0 Å². The highest BCUT2D eigenvalue weighted by Gasteiger charge is 2.09. The zero-order valence-electron chi connectivity index (χ0n) is 17.9. The summed E-state index contributed by atoms with van der Waals surface area (Å²) in [6.07, 6.45) is 2.91. The summed E-state index contributed by atoms with van der Waals surface area (Å²) < 4.78 is 6.78. The third-order valence-corrected chi connectivity index (χ3v) is 5.24. The molecular weight excluding hydrogens is 420 g/mol. The first kappa shape index (κ1) is 21.9. The summed E-state index contributed by atoms with van der Waals surface area (Å²) in [4.78, 5) is 29.1. The Bertz CT molecular complexity index is 1290. The van der Waals surface area contributed by atoms with E-state index in [1.165, 1.54) is 34.9 Å². The summed E-state index contributed by atoms with van der Waals surface area (Å²) in [5, 5.41) is 12.0. The predicted molar refractivity (Wildman–Crippen MR) is 125 cm³/mol. The summed E-state index contributed by atoms with van der Waals surface area (Å²) in [6.45, 7) is 0.414. The van der Waals surface area contributed by atoms with Crippen LogP contribution in [-0.2, 0) is 19.4 Å². The van der Waals surface area contributed by atoms with Crippen molar-refractivity contribution >= 4 is 11.9 Å². The molecule has 0 bridgehead atoms. The van der Waals surface area contributed by atoms with Crippen LogP contribution in [0.15, 0.2) is 82.2 Å². The number of nitrogens with one attached hydrogen (secondary N) is 1. The van der Waals surface area contributed by atoms with Gasteiger partial charge in [0.25, 0.3) is 11.5 Å². The molecule has 0 aliphatic rings. The first-order valence-electron chi connectivity index (χ1n) is 10.6. The van der Waals surface area contributed by atoms with Gasteiger partial charge in [0.15, 0.2) is 0 Å². The lowest BCUT2D eigenvalue weighted by Crippen LogP contribution is -2.32. The lowest BCUT2D eigenvalue weighted by atomic mass is 10.0. The van der Waals surface area contributed by atoms with E-state index < -0.39 is 0 Å². The molecule has 8 nitrogen and oxygen atoms in total. The highest BCUT2D eigenvalue weighted by molar-refractivity contribution is 5.94. The minimum atomic E-state index is -0.303. The fourth-order valence-corrected chi connectivity index (χ4v) is 3.52. The molecule has 8 heteroatoms. The monoisotopic (exact) mass is 444 g/mol. The lowest BCUT2D eigenvalue weighted by Gasteiger charge is -2.11. The number of amides is 1. The number of aromatic hydroxyl groups is 1. The molecule has 1 amide bonds. The molecule has 2 heterocycles. The summed E-state index contributed by atoms with van der Waals surface area (Å²) in [7, 11) is 0. The molecule has 0 radical (unpaired) electrons. The Morgan fingerprint density at radius 3 is 2.61 bits per heavy atom. The van der Waals surface area contributed by atoms with E-state index in [1.54, 1.807) is 6.26 Å². The molecule has 0 aliphatic heterocycles. The standard InChI is InChI=1S/C25H24N4O4/c26-25-28-20(9-6-17-3-1-4-19(15-17)22-5-2-14-33-22)16-23(31)29(25)13-12-27-24(32)18-7-10-21(30)11-8-18/h1-5,7-8,10-11,14-16,30H,6,9,12-13H2,(H2,26,28)(H,27,32). The molecular formula is C25H24N4O4. The molecule has 0 saturated heterocycles. The maximum absolute atomic E-state index is 12.6. The van der Waals surface area contributed by atoms with E-state index >= 15 is 0 Å². The molecule has 168 valence electrons. The summed E-state index contributed by atoms with van der Waals surface area (Å²) >= 11 is 0.